The number of thiophene rings is 1. The average molecular weight is 899 g/mol. The summed E-state index contributed by atoms with van der Waals surface area (Å²) in [6.07, 6.45) is 4.72. The van der Waals surface area contributed by atoms with E-state index in [-0.39, 0.29) is 39.2 Å². The van der Waals surface area contributed by atoms with Gasteiger partial charge in [-0.25, -0.2) is 0 Å². The van der Waals surface area contributed by atoms with Crippen molar-refractivity contribution < 1.29 is 0 Å². The van der Waals surface area contributed by atoms with Crippen LogP contribution in [0.4, 0.5) is 34.1 Å². The Balaban J connectivity index is 1.30. The van der Waals surface area contributed by atoms with Gasteiger partial charge in [-0.1, -0.05) is 158 Å². The van der Waals surface area contributed by atoms with E-state index in [1.807, 2.05) is 0 Å². The Morgan fingerprint density at radius 1 is 0.522 bits per heavy atom. The predicted octanol–water partition coefficient (Wildman–Crippen LogP) is 16.3. The first-order valence-electron chi connectivity index (χ1n) is 25.2. The molecule has 0 spiro atoms. The van der Waals surface area contributed by atoms with Gasteiger partial charge in [0.2, 0.25) is 0 Å². The molecule has 6 aromatic carbocycles. The van der Waals surface area contributed by atoms with Gasteiger partial charge in [-0.2, -0.15) is 0 Å². The van der Waals surface area contributed by atoms with Crippen LogP contribution in [0.5, 0.6) is 0 Å². The summed E-state index contributed by atoms with van der Waals surface area (Å²) < 4.78 is 2.86. The number of benzene rings is 6. The van der Waals surface area contributed by atoms with Crippen LogP contribution in [0.25, 0.3) is 21.2 Å². The van der Waals surface area contributed by atoms with E-state index in [4.69, 9.17) is 0 Å². The molecule has 67 heavy (non-hydrogen) atoms. The third kappa shape index (κ3) is 6.76. The zero-order valence-electron chi connectivity index (χ0n) is 43.1. The van der Waals surface area contributed by atoms with Crippen LogP contribution in [0.2, 0.25) is 0 Å². The molecule has 7 aromatic rings. The van der Waals surface area contributed by atoms with Crippen LogP contribution in [-0.2, 0) is 32.5 Å². The Morgan fingerprint density at radius 3 is 1.72 bits per heavy atom. The highest BCUT2D eigenvalue weighted by molar-refractivity contribution is 7.33. The van der Waals surface area contributed by atoms with Crippen molar-refractivity contribution in [3.8, 4) is 11.1 Å². The lowest BCUT2D eigenvalue weighted by Crippen LogP contribution is -2.61. The van der Waals surface area contributed by atoms with Crippen molar-refractivity contribution in [2.45, 2.75) is 162 Å². The first-order chi connectivity index (χ1) is 31.4. The Labute approximate surface area is 406 Å². The van der Waals surface area contributed by atoms with Crippen LogP contribution in [0.1, 0.15) is 162 Å². The van der Waals surface area contributed by atoms with E-state index in [1.54, 1.807) is 0 Å². The summed E-state index contributed by atoms with van der Waals surface area (Å²) in [7, 11) is 0. The van der Waals surface area contributed by atoms with Crippen molar-refractivity contribution in [3.63, 3.8) is 0 Å². The highest BCUT2D eigenvalue weighted by Crippen LogP contribution is 2.57. The Kier molecular flexibility index (Phi) is 9.61. The Bertz CT molecular complexity index is 3160. The first kappa shape index (κ1) is 44.5. The molecule has 0 amide bonds. The highest BCUT2D eigenvalue weighted by Gasteiger charge is 2.50. The van der Waals surface area contributed by atoms with E-state index < -0.39 is 0 Å². The molecule has 11 rings (SSSR count). The van der Waals surface area contributed by atoms with Gasteiger partial charge >= 0.3 is 0 Å². The third-order valence-corrected chi connectivity index (χ3v) is 18.1. The summed E-state index contributed by atoms with van der Waals surface area (Å²) in [5.41, 5.74) is 23.6. The fraction of sp³-hybridized carbons (Fsp3) is 0.397. The van der Waals surface area contributed by atoms with Gasteiger partial charge in [0, 0.05) is 43.2 Å². The summed E-state index contributed by atoms with van der Waals surface area (Å²) in [6.45, 7) is 36.3. The molecular formula is C63H71BN2S. The van der Waals surface area contributed by atoms with Gasteiger partial charge in [0.1, 0.15) is 0 Å². The number of nitrogens with zero attached hydrogens (tertiary/aromatic N) is 2. The molecule has 0 N–H and O–H groups in total. The Morgan fingerprint density at radius 2 is 1.09 bits per heavy atom. The summed E-state index contributed by atoms with van der Waals surface area (Å²) in [6, 6.07) is 43.6. The standard InChI is InChI=1S/C63H71BN2S/c1-38-33-50-54-51(34-38)66(49-28-23-41(59(5,6)7)35-43(49)39-19-17-16-18-20-39)55-44-36-46-47(62(12,13)30-29-61(46,10)11)37-52(44)67-57(55)64(54)48-27-26-45-53(63(14,15)32-31-60(45,8)9)56(48)65(50)42-24-21-40(22-25-42)58(2,3)4/h16-28,33-37H,29-32H2,1-15H3. The molecule has 3 heterocycles. The van der Waals surface area contributed by atoms with E-state index in [1.165, 1.54) is 129 Å². The smallest absolute Gasteiger partial charge is 0.264 e. The molecule has 0 saturated heterocycles. The number of fused-ring (bicyclic) bond motifs is 9. The van der Waals surface area contributed by atoms with E-state index >= 15 is 0 Å². The van der Waals surface area contributed by atoms with Gasteiger partial charge in [-0.3, -0.25) is 0 Å². The van der Waals surface area contributed by atoms with E-state index in [2.05, 4.69) is 234 Å². The van der Waals surface area contributed by atoms with E-state index in [0.29, 0.717) is 0 Å². The molecule has 342 valence electrons. The van der Waals surface area contributed by atoms with Crippen LogP contribution < -0.4 is 25.5 Å². The maximum absolute atomic E-state index is 2.73. The van der Waals surface area contributed by atoms with Crippen LogP contribution in [-0.4, -0.2) is 6.71 Å². The number of anilines is 6. The number of rotatable bonds is 3. The van der Waals surface area contributed by atoms with Gasteiger partial charge in [-0.05, 0) is 169 Å². The lowest BCUT2D eigenvalue weighted by atomic mass is 9.35. The lowest BCUT2D eigenvalue weighted by Gasteiger charge is -2.49. The predicted molar refractivity (Wildman–Crippen MR) is 294 cm³/mol. The lowest BCUT2D eigenvalue weighted by molar-refractivity contribution is 0.332. The molecule has 0 unspecified atom stereocenters. The summed E-state index contributed by atoms with van der Waals surface area (Å²) in [5.74, 6) is 0. The van der Waals surface area contributed by atoms with E-state index in [9.17, 15) is 0 Å². The molecule has 2 nitrogen and oxygen atoms in total. The van der Waals surface area contributed by atoms with Gasteiger partial charge in [-0.15, -0.1) is 11.3 Å². The molecule has 0 radical (unpaired) electrons. The van der Waals surface area contributed by atoms with Crippen molar-refractivity contribution in [2.24, 2.45) is 0 Å². The zero-order valence-corrected chi connectivity index (χ0v) is 43.9. The molecule has 0 bridgehead atoms. The van der Waals surface area contributed by atoms with Crippen molar-refractivity contribution >= 4 is 78.0 Å². The summed E-state index contributed by atoms with van der Waals surface area (Å²) in [5, 5.41) is 1.39. The topological polar surface area (TPSA) is 6.48 Å². The van der Waals surface area contributed by atoms with Crippen LogP contribution in [0.15, 0.2) is 109 Å². The zero-order chi connectivity index (χ0) is 47.5. The maximum atomic E-state index is 2.73. The minimum atomic E-state index is -0.0107. The van der Waals surface area contributed by atoms with Crippen LogP contribution in [0.3, 0.4) is 0 Å². The molecule has 2 aliphatic heterocycles. The first-order valence-corrected chi connectivity index (χ1v) is 26.0. The molecule has 1 aromatic heterocycles. The van der Waals surface area contributed by atoms with Gasteiger partial charge in [0.05, 0.1) is 11.4 Å². The number of hydrogen-bond acceptors (Lipinski definition) is 3. The molecular weight excluding hydrogens is 828 g/mol. The second kappa shape index (κ2) is 14.5. The highest BCUT2D eigenvalue weighted by atomic mass is 32.1. The quantitative estimate of drug-likeness (QED) is 0.163. The molecule has 4 heteroatoms. The largest absolute Gasteiger partial charge is 0.311 e. The minimum Gasteiger partial charge on any atom is -0.311 e. The molecule has 0 atom stereocenters. The van der Waals surface area contributed by atoms with Gasteiger partial charge in [0.25, 0.3) is 6.71 Å². The molecule has 0 fully saturated rings. The monoisotopic (exact) mass is 899 g/mol. The van der Waals surface area contributed by atoms with Crippen molar-refractivity contribution in [1.82, 2.24) is 0 Å². The average Bonchev–Trinajstić information content (AvgIpc) is 3.64. The minimum absolute atomic E-state index is 0.0104. The fourth-order valence-electron chi connectivity index (χ4n) is 12.6. The van der Waals surface area contributed by atoms with Crippen molar-refractivity contribution in [2.75, 3.05) is 9.80 Å². The second-order valence-electron chi connectivity index (χ2n) is 25.6. The molecule has 0 saturated carbocycles. The van der Waals surface area contributed by atoms with E-state index in [0.717, 1.165) is 6.42 Å². The third-order valence-electron chi connectivity index (χ3n) is 16.9. The summed E-state index contributed by atoms with van der Waals surface area (Å²) >= 11 is 2.07. The SMILES string of the molecule is Cc1cc2c3c(c1)N(c1ccc(C(C)(C)C)cc1-c1ccccc1)c1c(sc4cc5c(cc14)C(C)(C)CCC5(C)C)B3c1ccc3c(c1N2c1ccc(C(C)(C)C)cc1)C(C)(C)CCC3(C)C. The van der Waals surface area contributed by atoms with Gasteiger partial charge < -0.3 is 9.80 Å². The molecule has 2 aliphatic carbocycles. The Hall–Kier alpha value is -5.06. The molecule has 4 aliphatic rings. The number of aryl methyl sites for hydroxylation is 1. The fourth-order valence-corrected chi connectivity index (χ4v) is 13.9. The van der Waals surface area contributed by atoms with Crippen LogP contribution in [0, 0.1) is 6.92 Å². The maximum Gasteiger partial charge on any atom is 0.264 e. The van der Waals surface area contributed by atoms with Gasteiger partial charge in [0.15, 0.2) is 0 Å². The van der Waals surface area contributed by atoms with Crippen LogP contribution >= 0.6 is 11.3 Å². The summed E-state index contributed by atoms with van der Waals surface area (Å²) in [4.78, 5) is 5.45. The van der Waals surface area contributed by atoms with Crippen molar-refractivity contribution in [1.29, 1.82) is 0 Å². The number of hydrogen-bond donors (Lipinski definition) is 0. The second-order valence-corrected chi connectivity index (χ2v) is 26.7. The van der Waals surface area contributed by atoms with Crippen molar-refractivity contribution in [3.05, 3.63) is 148 Å². The normalized spacial score (nSPS) is 18.5.